The van der Waals surface area contributed by atoms with Gasteiger partial charge in [0.05, 0.1) is 0 Å². The second kappa shape index (κ2) is 7.96. The molecule has 29 heavy (non-hydrogen) atoms. The summed E-state index contributed by atoms with van der Waals surface area (Å²) in [6.45, 7) is 0. The minimum atomic E-state index is 0.703. The molecule has 0 radical (unpaired) electrons. The first-order chi connectivity index (χ1) is 14.4. The Kier molecular flexibility index (Phi) is 4.87. The fourth-order valence-electron chi connectivity index (χ4n) is 4.10. The predicted octanol–water partition coefficient (Wildman–Crippen LogP) is 6.53. The van der Waals surface area contributed by atoms with Crippen LogP contribution in [-0.4, -0.2) is 15.0 Å². The van der Waals surface area contributed by atoms with Crippen LogP contribution >= 0.6 is 0 Å². The largest absolute Gasteiger partial charge is 0.208 e. The molecule has 0 bridgehead atoms. The Labute approximate surface area is 171 Å². The lowest BCUT2D eigenvalue weighted by atomic mass is 9.96. The van der Waals surface area contributed by atoms with Gasteiger partial charge in [-0.1, -0.05) is 97.8 Å². The lowest BCUT2D eigenvalue weighted by molar-refractivity contribution is 0.723. The van der Waals surface area contributed by atoms with Gasteiger partial charge in [-0.3, -0.25) is 0 Å². The summed E-state index contributed by atoms with van der Waals surface area (Å²) >= 11 is 0. The molecule has 3 aromatic carbocycles. The third kappa shape index (κ3) is 3.81. The third-order valence-electron chi connectivity index (χ3n) is 5.69. The summed E-state index contributed by atoms with van der Waals surface area (Å²) in [7, 11) is 0. The van der Waals surface area contributed by atoms with E-state index >= 15 is 0 Å². The molecule has 1 aliphatic carbocycles. The van der Waals surface area contributed by atoms with Crippen LogP contribution in [0.2, 0.25) is 0 Å². The minimum Gasteiger partial charge on any atom is -0.208 e. The van der Waals surface area contributed by atoms with E-state index in [1.165, 1.54) is 31.2 Å². The summed E-state index contributed by atoms with van der Waals surface area (Å²) < 4.78 is 0. The van der Waals surface area contributed by atoms with Gasteiger partial charge in [-0.2, -0.15) is 0 Å². The van der Waals surface area contributed by atoms with Gasteiger partial charge in [0.2, 0.25) is 0 Å². The van der Waals surface area contributed by atoms with E-state index in [9.17, 15) is 0 Å². The topological polar surface area (TPSA) is 38.7 Å². The first kappa shape index (κ1) is 17.7. The Bertz CT molecular complexity index is 1030. The van der Waals surface area contributed by atoms with Gasteiger partial charge >= 0.3 is 0 Å². The Morgan fingerprint density at radius 1 is 0.483 bits per heavy atom. The molecule has 0 amide bonds. The lowest BCUT2D eigenvalue weighted by Gasteiger charge is -2.11. The van der Waals surface area contributed by atoms with Gasteiger partial charge in [0.15, 0.2) is 17.5 Å². The zero-order valence-corrected chi connectivity index (χ0v) is 16.3. The van der Waals surface area contributed by atoms with E-state index in [-0.39, 0.29) is 0 Å². The molecule has 4 aromatic rings. The molecule has 1 saturated carbocycles. The fraction of sp³-hybridized carbons (Fsp3) is 0.192. The zero-order valence-electron chi connectivity index (χ0n) is 16.3. The molecule has 5 rings (SSSR count). The highest BCUT2D eigenvalue weighted by Gasteiger charge is 2.17. The summed E-state index contributed by atoms with van der Waals surface area (Å²) in [6, 6.07) is 29.0. The fourth-order valence-corrected chi connectivity index (χ4v) is 4.10. The average Bonchev–Trinajstić information content (AvgIpc) is 3.35. The van der Waals surface area contributed by atoms with Crippen LogP contribution in [0.3, 0.4) is 0 Å². The van der Waals surface area contributed by atoms with Crippen molar-refractivity contribution >= 4 is 0 Å². The molecule has 3 nitrogen and oxygen atoms in total. The Hall–Kier alpha value is -3.33. The second-order valence-electron chi connectivity index (χ2n) is 7.64. The number of hydrogen-bond donors (Lipinski definition) is 0. The SMILES string of the molecule is c1ccc(-c2nc(-c3ccccc3)nc(-c3ccc(C4CCCC4)cc3)n2)cc1. The van der Waals surface area contributed by atoms with E-state index in [4.69, 9.17) is 15.0 Å². The van der Waals surface area contributed by atoms with E-state index in [1.54, 1.807) is 0 Å². The van der Waals surface area contributed by atoms with Crippen molar-refractivity contribution in [3.63, 3.8) is 0 Å². The maximum Gasteiger partial charge on any atom is 0.164 e. The molecular weight excluding hydrogens is 354 g/mol. The molecule has 1 heterocycles. The van der Waals surface area contributed by atoms with Crippen molar-refractivity contribution in [2.45, 2.75) is 31.6 Å². The Morgan fingerprint density at radius 2 is 0.897 bits per heavy atom. The third-order valence-corrected chi connectivity index (χ3v) is 5.69. The van der Waals surface area contributed by atoms with Gasteiger partial charge in [0.25, 0.3) is 0 Å². The van der Waals surface area contributed by atoms with E-state index in [0.29, 0.717) is 17.6 Å². The van der Waals surface area contributed by atoms with E-state index < -0.39 is 0 Å². The van der Waals surface area contributed by atoms with Crippen LogP contribution in [0.5, 0.6) is 0 Å². The molecule has 0 atom stereocenters. The zero-order chi connectivity index (χ0) is 19.5. The smallest absolute Gasteiger partial charge is 0.164 e. The number of rotatable bonds is 4. The van der Waals surface area contributed by atoms with E-state index in [2.05, 4.69) is 24.3 Å². The number of aromatic nitrogens is 3. The van der Waals surface area contributed by atoms with Crippen LogP contribution in [0, 0.1) is 0 Å². The maximum absolute atomic E-state index is 4.80. The molecule has 142 valence electrons. The Balaban J connectivity index is 1.58. The normalized spacial score (nSPS) is 14.2. The molecule has 0 aliphatic heterocycles. The highest BCUT2D eigenvalue weighted by molar-refractivity contribution is 5.66. The lowest BCUT2D eigenvalue weighted by Crippen LogP contribution is -2.00. The molecular formula is C26H23N3. The summed E-state index contributed by atoms with van der Waals surface area (Å²) in [6.07, 6.45) is 5.31. The average molecular weight is 377 g/mol. The summed E-state index contributed by atoms with van der Waals surface area (Å²) in [5.74, 6) is 2.83. The van der Waals surface area contributed by atoms with Crippen molar-refractivity contribution in [3.8, 4) is 34.2 Å². The maximum atomic E-state index is 4.80. The van der Waals surface area contributed by atoms with Crippen LogP contribution in [0.1, 0.15) is 37.2 Å². The van der Waals surface area contributed by atoms with Crippen LogP contribution < -0.4 is 0 Å². The molecule has 1 fully saturated rings. The van der Waals surface area contributed by atoms with Crippen molar-refractivity contribution in [2.75, 3.05) is 0 Å². The van der Waals surface area contributed by atoms with Crippen molar-refractivity contribution in [2.24, 2.45) is 0 Å². The van der Waals surface area contributed by atoms with Crippen molar-refractivity contribution in [1.29, 1.82) is 0 Å². The van der Waals surface area contributed by atoms with Crippen molar-refractivity contribution in [1.82, 2.24) is 15.0 Å². The van der Waals surface area contributed by atoms with Gasteiger partial charge in [-0.05, 0) is 24.3 Å². The molecule has 0 unspecified atom stereocenters. The highest BCUT2D eigenvalue weighted by Crippen LogP contribution is 2.35. The van der Waals surface area contributed by atoms with Crippen LogP contribution in [0.15, 0.2) is 84.9 Å². The molecule has 3 heteroatoms. The molecule has 0 N–H and O–H groups in total. The highest BCUT2D eigenvalue weighted by atomic mass is 15.0. The van der Waals surface area contributed by atoms with Gasteiger partial charge < -0.3 is 0 Å². The minimum absolute atomic E-state index is 0.703. The van der Waals surface area contributed by atoms with Crippen LogP contribution in [0.4, 0.5) is 0 Å². The van der Waals surface area contributed by atoms with Gasteiger partial charge in [-0.15, -0.1) is 0 Å². The molecule has 0 spiro atoms. The number of nitrogens with zero attached hydrogens (tertiary/aromatic N) is 3. The molecule has 0 saturated heterocycles. The molecule has 1 aliphatic rings. The Morgan fingerprint density at radius 3 is 1.34 bits per heavy atom. The van der Waals surface area contributed by atoms with Gasteiger partial charge in [0, 0.05) is 16.7 Å². The number of benzene rings is 3. The van der Waals surface area contributed by atoms with Crippen LogP contribution in [0.25, 0.3) is 34.2 Å². The van der Waals surface area contributed by atoms with Gasteiger partial charge in [0.1, 0.15) is 0 Å². The first-order valence-corrected chi connectivity index (χ1v) is 10.3. The standard InChI is InChI=1S/C26H23N3/c1-3-11-21(12-4-1)24-27-25(22-13-5-2-6-14-22)29-26(28-24)23-17-15-20(16-18-23)19-9-7-8-10-19/h1-6,11-19H,7-10H2. The molecule has 1 aromatic heterocycles. The van der Waals surface area contributed by atoms with Crippen molar-refractivity contribution in [3.05, 3.63) is 90.5 Å². The summed E-state index contributed by atoms with van der Waals surface area (Å²) in [5.41, 5.74) is 4.46. The summed E-state index contributed by atoms with van der Waals surface area (Å²) in [4.78, 5) is 14.4. The van der Waals surface area contributed by atoms with E-state index in [1.807, 2.05) is 60.7 Å². The number of hydrogen-bond acceptors (Lipinski definition) is 3. The summed E-state index contributed by atoms with van der Waals surface area (Å²) in [5, 5.41) is 0. The van der Waals surface area contributed by atoms with Crippen LogP contribution in [-0.2, 0) is 0 Å². The van der Waals surface area contributed by atoms with Crippen molar-refractivity contribution < 1.29 is 0 Å². The van der Waals surface area contributed by atoms with Gasteiger partial charge in [-0.25, -0.2) is 15.0 Å². The first-order valence-electron chi connectivity index (χ1n) is 10.3. The monoisotopic (exact) mass is 377 g/mol. The quantitative estimate of drug-likeness (QED) is 0.406. The predicted molar refractivity (Wildman–Crippen MR) is 117 cm³/mol. The van der Waals surface area contributed by atoms with E-state index in [0.717, 1.165) is 22.5 Å². The second-order valence-corrected chi connectivity index (χ2v) is 7.64.